The summed E-state index contributed by atoms with van der Waals surface area (Å²) in [5.74, 6) is 0. The number of hydrogen-bond donors (Lipinski definition) is 1. The van der Waals surface area contributed by atoms with E-state index in [0.29, 0.717) is 13.0 Å². The fourth-order valence-corrected chi connectivity index (χ4v) is 3.53. The van der Waals surface area contributed by atoms with E-state index >= 15 is 0 Å². The van der Waals surface area contributed by atoms with Crippen molar-refractivity contribution in [3.63, 3.8) is 0 Å². The van der Waals surface area contributed by atoms with Crippen LogP contribution in [0.25, 0.3) is 0 Å². The lowest BCUT2D eigenvalue weighted by Gasteiger charge is -2.49. The zero-order valence-electron chi connectivity index (χ0n) is 14.0. The number of β-amino-alcohol motifs (C(OH)–C–C–N with tert-alkyl or cyclic N) is 1. The first-order valence-corrected chi connectivity index (χ1v) is 8.20. The summed E-state index contributed by atoms with van der Waals surface area (Å²) in [6.07, 6.45) is 2.27. The van der Waals surface area contributed by atoms with Crippen molar-refractivity contribution < 1.29 is 5.11 Å². The van der Waals surface area contributed by atoms with Crippen molar-refractivity contribution in [3.8, 4) is 6.07 Å². The number of aliphatic hydroxyl groups is 1. The number of benzene rings is 1. The van der Waals surface area contributed by atoms with Gasteiger partial charge in [-0.05, 0) is 42.3 Å². The van der Waals surface area contributed by atoms with Gasteiger partial charge in [-0.3, -0.25) is 0 Å². The fourth-order valence-electron chi connectivity index (χ4n) is 3.53. The summed E-state index contributed by atoms with van der Waals surface area (Å²) in [5, 5.41) is 19.6. The lowest BCUT2D eigenvalue weighted by molar-refractivity contribution is -0.00438. The molecule has 0 amide bonds. The molecule has 0 aromatic heterocycles. The molecule has 1 aromatic rings. The van der Waals surface area contributed by atoms with Crippen LogP contribution in [-0.2, 0) is 0 Å². The summed E-state index contributed by atoms with van der Waals surface area (Å²) in [6.45, 7) is 9.35. The average Bonchev–Trinajstić information content (AvgIpc) is 2.49. The topological polar surface area (TPSA) is 47.3 Å². The number of likely N-dealkylation sites (tertiary alicyclic amines) is 1. The summed E-state index contributed by atoms with van der Waals surface area (Å²) < 4.78 is 0. The molecule has 2 rings (SSSR count). The van der Waals surface area contributed by atoms with Crippen molar-refractivity contribution in [1.29, 1.82) is 5.26 Å². The van der Waals surface area contributed by atoms with Crippen LogP contribution in [0.4, 0.5) is 0 Å². The van der Waals surface area contributed by atoms with Crippen molar-refractivity contribution in [1.82, 2.24) is 4.90 Å². The number of hydrogen-bond acceptors (Lipinski definition) is 3. The highest BCUT2D eigenvalue weighted by Crippen LogP contribution is 2.49. The van der Waals surface area contributed by atoms with Crippen LogP contribution >= 0.6 is 0 Å². The number of piperidine rings is 1. The van der Waals surface area contributed by atoms with Gasteiger partial charge in [0.25, 0.3) is 0 Å². The highest BCUT2D eigenvalue weighted by Gasteiger charge is 2.43. The van der Waals surface area contributed by atoms with Gasteiger partial charge in [0.05, 0.1) is 12.2 Å². The van der Waals surface area contributed by atoms with E-state index in [9.17, 15) is 10.4 Å². The molecule has 1 unspecified atom stereocenters. The maximum atomic E-state index is 10.4. The third kappa shape index (κ3) is 3.69. The van der Waals surface area contributed by atoms with E-state index in [4.69, 9.17) is 0 Å². The Hall–Kier alpha value is -1.37. The molecule has 1 saturated heterocycles. The number of nitriles is 1. The van der Waals surface area contributed by atoms with E-state index in [0.717, 1.165) is 31.5 Å². The van der Waals surface area contributed by atoms with Crippen LogP contribution in [0.3, 0.4) is 0 Å². The van der Waals surface area contributed by atoms with E-state index < -0.39 is 6.10 Å². The van der Waals surface area contributed by atoms with Crippen molar-refractivity contribution in [2.24, 2.45) is 10.8 Å². The van der Waals surface area contributed by atoms with Gasteiger partial charge in [0, 0.05) is 13.0 Å². The number of aliphatic hydroxyl groups excluding tert-OH is 1. The third-order valence-corrected chi connectivity index (χ3v) is 5.44. The summed E-state index contributed by atoms with van der Waals surface area (Å²) in [6, 6.07) is 12.2. The van der Waals surface area contributed by atoms with Crippen molar-refractivity contribution >= 4 is 0 Å². The molecule has 22 heavy (non-hydrogen) atoms. The van der Waals surface area contributed by atoms with Gasteiger partial charge in [-0.25, -0.2) is 0 Å². The first kappa shape index (κ1) is 17.0. The Bertz CT molecular complexity index is 504. The van der Waals surface area contributed by atoms with Crippen LogP contribution < -0.4 is 0 Å². The average molecular weight is 300 g/mol. The van der Waals surface area contributed by atoms with E-state index in [1.165, 1.54) is 0 Å². The smallest absolute Gasteiger partial charge is 0.0916 e. The molecule has 0 saturated carbocycles. The molecule has 3 heteroatoms. The van der Waals surface area contributed by atoms with Gasteiger partial charge in [-0.2, -0.15) is 5.26 Å². The van der Waals surface area contributed by atoms with Gasteiger partial charge in [-0.15, -0.1) is 0 Å². The Balaban J connectivity index is 1.96. The molecule has 1 aliphatic rings. The standard InChI is InChI=1S/C19H28N2O/c1-18(2,3)19(9-12-20)10-13-21(14-11-19)15-17(22)16-7-5-4-6-8-16/h4-8,17,22H,9-11,13-15H2,1-3H3. The molecule has 1 fully saturated rings. The first-order valence-electron chi connectivity index (χ1n) is 8.20. The summed E-state index contributed by atoms with van der Waals surface area (Å²) in [4.78, 5) is 2.33. The molecule has 0 aliphatic carbocycles. The molecule has 1 aromatic carbocycles. The predicted molar refractivity (Wildman–Crippen MR) is 89.2 cm³/mol. The molecule has 1 heterocycles. The molecule has 0 spiro atoms. The van der Waals surface area contributed by atoms with Gasteiger partial charge >= 0.3 is 0 Å². The molecule has 1 N–H and O–H groups in total. The van der Waals surface area contributed by atoms with E-state index in [-0.39, 0.29) is 10.8 Å². The lowest BCUT2D eigenvalue weighted by Crippen LogP contribution is -2.47. The minimum atomic E-state index is -0.431. The quantitative estimate of drug-likeness (QED) is 0.921. The van der Waals surface area contributed by atoms with Crippen molar-refractivity contribution in [2.75, 3.05) is 19.6 Å². The zero-order valence-corrected chi connectivity index (χ0v) is 14.0. The number of nitrogens with zero attached hydrogens (tertiary/aromatic N) is 2. The SMILES string of the molecule is CC(C)(C)C1(CC#N)CCN(CC(O)c2ccccc2)CC1. The van der Waals surface area contributed by atoms with Gasteiger partial charge in [0.2, 0.25) is 0 Å². The molecular formula is C19H28N2O. The Morgan fingerprint density at radius 2 is 1.82 bits per heavy atom. The van der Waals surface area contributed by atoms with E-state index in [1.807, 2.05) is 30.3 Å². The van der Waals surface area contributed by atoms with E-state index in [1.54, 1.807) is 0 Å². The van der Waals surface area contributed by atoms with Crippen LogP contribution in [0.5, 0.6) is 0 Å². The normalized spacial score (nSPS) is 20.3. The second-order valence-electron chi connectivity index (χ2n) is 7.59. The minimum Gasteiger partial charge on any atom is -0.387 e. The maximum Gasteiger partial charge on any atom is 0.0916 e. The van der Waals surface area contributed by atoms with Crippen LogP contribution in [0.15, 0.2) is 30.3 Å². The molecule has 3 nitrogen and oxygen atoms in total. The molecule has 1 atom stereocenters. The monoisotopic (exact) mass is 300 g/mol. The Morgan fingerprint density at radius 1 is 1.23 bits per heavy atom. The van der Waals surface area contributed by atoms with E-state index in [2.05, 4.69) is 31.7 Å². The highest BCUT2D eigenvalue weighted by atomic mass is 16.3. The Morgan fingerprint density at radius 3 is 2.32 bits per heavy atom. The predicted octanol–water partition coefficient (Wildman–Crippen LogP) is 3.76. The van der Waals surface area contributed by atoms with Crippen LogP contribution in [0, 0.1) is 22.2 Å². The van der Waals surface area contributed by atoms with Gasteiger partial charge in [-0.1, -0.05) is 51.1 Å². The highest BCUT2D eigenvalue weighted by molar-refractivity contribution is 5.17. The summed E-state index contributed by atoms with van der Waals surface area (Å²) in [7, 11) is 0. The third-order valence-electron chi connectivity index (χ3n) is 5.44. The van der Waals surface area contributed by atoms with Crippen molar-refractivity contribution in [2.45, 2.75) is 46.1 Å². The van der Waals surface area contributed by atoms with Crippen LogP contribution in [0.1, 0.15) is 51.7 Å². The van der Waals surface area contributed by atoms with Gasteiger partial charge < -0.3 is 10.0 Å². The molecule has 0 bridgehead atoms. The minimum absolute atomic E-state index is 0.107. The fraction of sp³-hybridized carbons (Fsp3) is 0.632. The zero-order chi connectivity index (χ0) is 16.2. The Labute approximate surface area is 134 Å². The first-order chi connectivity index (χ1) is 10.4. The second-order valence-corrected chi connectivity index (χ2v) is 7.59. The molecule has 1 aliphatic heterocycles. The maximum absolute atomic E-state index is 10.4. The summed E-state index contributed by atoms with van der Waals surface area (Å²) in [5.41, 5.74) is 1.23. The van der Waals surface area contributed by atoms with Crippen LogP contribution in [0.2, 0.25) is 0 Å². The summed E-state index contributed by atoms with van der Waals surface area (Å²) >= 11 is 0. The molecule has 120 valence electrons. The molecule has 0 radical (unpaired) electrons. The van der Waals surface area contributed by atoms with Gasteiger partial charge in [0.1, 0.15) is 0 Å². The number of rotatable bonds is 4. The van der Waals surface area contributed by atoms with Gasteiger partial charge in [0.15, 0.2) is 0 Å². The van der Waals surface area contributed by atoms with Crippen molar-refractivity contribution in [3.05, 3.63) is 35.9 Å². The second kappa shape index (κ2) is 6.81. The Kier molecular flexibility index (Phi) is 5.26. The largest absolute Gasteiger partial charge is 0.387 e. The lowest BCUT2D eigenvalue weighted by atomic mass is 9.60. The van der Waals surface area contributed by atoms with Crippen LogP contribution in [-0.4, -0.2) is 29.6 Å². The molecular weight excluding hydrogens is 272 g/mol.